The van der Waals surface area contributed by atoms with Gasteiger partial charge in [0.25, 0.3) is 0 Å². The lowest BCUT2D eigenvalue weighted by atomic mass is 9.81. The molecule has 4 N–H and O–H groups in total. The first-order valence-corrected chi connectivity index (χ1v) is 15.3. The predicted octanol–water partition coefficient (Wildman–Crippen LogP) is 3.55. The number of anilines is 2. The fourth-order valence-electron chi connectivity index (χ4n) is 6.45. The van der Waals surface area contributed by atoms with E-state index in [4.69, 9.17) is 9.47 Å². The maximum absolute atomic E-state index is 14.0. The molecular formula is C34H34N6O6. The van der Waals surface area contributed by atoms with E-state index in [0.29, 0.717) is 50.8 Å². The maximum Gasteiger partial charge on any atom is 0.200 e. The number of benzene rings is 2. The minimum absolute atomic E-state index is 0.155. The van der Waals surface area contributed by atoms with E-state index >= 15 is 0 Å². The van der Waals surface area contributed by atoms with Crippen LogP contribution in [0.1, 0.15) is 55.4 Å². The first-order chi connectivity index (χ1) is 22.5. The molecule has 0 amide bonds. The van der Waals surface area contributed by atoms with Crippen molar-refractivity contribution in [2.45, 2.75) is 12.5 Å². The van der Waals surface area contributed by atoms with Gasteiger partial charge in [-0.1, -0.05) is 12.1 Å². The highest BCUT2D eigenvalue weighted by Gasteiger charge is 2.38. The van der Waals surface area contributed by atoms with Crippen LogP contribution in [0.4, 0.5) is 11.4 Å². The largest absolute Gasteiger partial charge is 0.507 e. The average molecular weight is 623 g/mol. The van der Waals surface area contributed by atoms with Crippen molar-refractivity contribution in [3.05, 3.63) is 107 Å². The Hall–Kier alpha value is -4.88. The zero-order chi connectivity index (χ0) is 31.6. The molecule has 236 valence electrons. The summed E-state index contributed by atoms with van der Waals surface area (Å²) in [5, 5.41) is 28.0. The lowest BCUT2D eigenvalue weighted by Gasteiger charge is -2.27. The molecule has 2 atom stereocenters. The monoisotopic (exact) mass is 622 g/mol. The molecule has 4 aromatic rings. The van der Waals surface area contributed by atoms with E-state index in [1.54, 1.807) is 36.9 Å². The molecule has 2 aliphatic heterocycles. The standard InChI is InChI=1S/C34H34N6O6/c41-25-7-8-26(42)30-29(25)31(43)27-23(37-11-13-39-15-17-45-33(39)21-3-1-9-35-19-21)5-6-24(28(27)32(30)44)38-12-14-40-16-18-46-34(40)22-4-2-10-36-20-22/h1-10,19-20,33-34,37-38,41-42H,11-18H2. The maximum atomic E-state index is 14.0. The van der Waals surface area contributed by atoms with Gasteiger partial charge in [0, 0.05) is 86.6 Å². The summed E-state index contributed by atoms with van der Waals surface area (Å²) in [6.45, 7) is 4.80. The SMILES string of the molecule is O=C1c2c(O)ccc(O)c2C(=O)c2c(NCCN3CCOC3c3cccnc3)ccc(NCCN3CCOC3c3cccnc3)c21. The highest BCUT2D eigenvalue weighted by atomic mass is 16.5. The van der Waals surface area contributed by atoms with Gasteiger partial charge in [-0.25, -0.2) is 0 Å². The van der Waals surface area contributed by atoms with Gasteiger partial charge in [-0.15, -0.1) is 0 Å². The lowest BCUT2D eigenvalue weighted by Crippen LogP contribution is -2.31. The number of nitrogens with zero attached hydrogens (tertiary/aromatic N) is 4. The van der Waals surface area contributed by atoms with Crippen LogP contribution in [0.3, 0.4) is 0 Å². The van der Waals surface area contributed by atoms with Gasteiger partial charge in [0.15, 0.2) is 0 Å². The van der Waals surface area contributed by atoms with E-state index in [9.17, 15) is 19.8 Å². The van der Waals surface area contributed by atoms with Crippen molar-refractivity contribution in [2.75, 3.05) is 63.1 Å². The molecular weight excluding hydrogens is 588 g/mol. The number of fused-ring (bicyclic) bond motifs is 2. The predicted molar refractivity (Wildman–Crippen MR) is 169 cm³/mol. The summed E-state index contributed by atoms with van der Waals surface area (Å²) >= 11 is 0. The van der Waals surface area contributed by atoms with Gasteiger partial charge in [0.1, 0.15) is 24.0 Å². The van der Waals surface area contributed by atoms with Crippen molar-refractivity contribution in [3.8, 4) is 11.5 Å². The van der Waals surface area contributed by atoms with Gasteiger partial charge in [-0.2, -0.15) is 0 Å². The molecule has 4 heterocycles. The minimum Gasteiger partial charge on any atom is -0.507 e. The summed E-state index contributed by atoms with van der Waals surface area (Å²) in [6.07, 6.45) is 6.59. The molecule has 0 spiro atoms. The first kappa shape index (κ1) is 29.8. The van der Waals surface area contributed by atoms with Gasteiger partial charge < -0.3 is 30.3 Å². The molecule has 0 saturated carbocycles. The number of hydrogen-bond acceptors (Lipinski definition) is 12. The smallest absolute Gasteiger partial charge is 0.200 e. The molecule has 1 aliphatic carbocycles. The van der Waals surface area contributed by atoms with E-state index in [-0.39, 0.29) is 46.2 Å². The molecule has 2 fully saturated rings. The number of nitrogens with one attached hydrogen (secondary N) is 2. The van der Waals surface area contributed by atoms with Gasteiger partial charge >= 0.3 is 0 Å². The number of carbonyl (C=O) groups excluding carboxylic acids is 2. The van der Waals surface area contributed by atoms with Crippen molar-refractivity contribution >= 4 is 22.9 Å². The number of hydrogen-bond donors (Lipinski definition) is 4. The fourth-order valence-corrected chi connectivity index (χ4v) is 6.45. The van der Waals surface area contributed by atoms with Gasteiger partial charge in [-0.3, -0.25) is 29.4 Å². The first-order valence-electron chi connectivity index (χ1n) is 15.3. The van der Waals surface area contributed by atoms with E-state index in [2.05, 4.69) is 30.4 Å². The lowest BCUT2D eigenvalue weighted by molar-refractivity contribution is 0.0343. The second kappa shape index (κ2) is 12.9. The number of phenolic OH excluding ortho intramolecular Hbond substituents is 2. The Kier molecular flexibility index (Phi) is 8.33. The van der Waals surface area contributed by atoms with Crippen LogP contribution >= 0.6 is 0 Å². The molecule has 7 rings (SSSR count). The minimum atomic E-state index is -0.536. The quantitative estimate of drug-likeness (QED) is 0.169. The van der Waals surface area contributed by atoms with Crippen LogP contribution in [0, 0.1) is 0 Å². The van der Waals surface area contributed by atoms with Crippen molar-refractivity contribution in [2.24, 2.45) is 0 Å². The van der Waals surface area contributed by atoms with Gasteiger partial charge in [0.05, 0.1) is 35.5 Å². The van der Waals surface area contributed by atoms with Crippen LogP contribution < -0.4 is 10.6 Å². The Morgan fingerprint density at radius 1 is 0.674 bits per heavy atom. The molecule has 2 aromatic carbocycles. The number of pyridine rings is 2. The molecule has 0 bridgehead atoms. The molecule has 2 aromatic heterocycles. The second-order valence-electron chi connectivity index (χ2n) is 11.4. The number of ether oxygens (including phenoxy) is 2. The molecule has 12 heteroatoms. The molecule has 3 aliphatic rings. The Balaban J connectivity index is 1.13. The van der Waals surface area contributed by atoms with Gasteiger partial charge in [0.2, 0.25) is 11.6 Å². The Morgan fingerprint density at radius 3 is 1.54 bits per heavy atom. The fraction of sp³-hybridized carbons (Fsp3) is 0.294. The highest BCUT2D eigenvalue weighted by molar-refractivity contribution is 6.33. The Morgan fingerprint density at radius 2 is 1.13 bits per heavy atom. The summed E-state index contributed by atoms with van der Waals surface area (Å²) < 4.78 is 11.9. The van der Waals surface area contributed by atoms with E-state index in [0.717, 1.165) is 24.2 Å². The number of rotatable bonds is 10. The molecule has 2 saturated heterocycles. The van der Waals surface area contributed by atoms with Crippen LogP contribution in [0.15, 0.2) is 73.3 Å². The number of phenols is 2. The normalized spacial score (nSPS) is 19.7. The van der Waals surface area contributed by atoms with Crippen molar-refractivity contribution in [1.29, 1.82) is 0 Å². The van der Waals surface area contributed by atoms with Crippen LogP contribution in [0.2, 0.25) is 0 Å². The number of ketones is 2. The summed E-state index contributed by atoms with van der Waals surface area (Å²) in [5.74, 6) is -1.78. The van der Waals surface area contributed by atoms with E-state index < -0.39 is 11.6 Å². The summed E-state index contributed by atoms with van der Waals surface area (Å²) in [5.41, 5.74) is 2.78. The summed E-state index contributed by atoms with van der Waals surface area (Å²) in [7, 11) is 0. The van der Waals surface area contributed by atoms with E-state index in [1.165, 1.54) is 12.1 Å². The topological polar surface area (TPSA) is 149 Å². The third-order valence-corrected chi connectivity index (χ3v) is 8.61. The van der Waals surface area contributed by atoms with Crippen LogP contribution in [-0.4, -0.2) is 94.0 Å². The average Bonchev–Trinajstić information content (AvgIpc) is 3.76. The Labute approximate surface area is 265 Å². The highest BCUT2D eigenvalue weighted by Crippen LogP contribution is 2.42. The van der Waals surface area contributed by atoms with Crippen LogP contribution in [0.25, 0.3) is 0 Å². The van der Waals surface area contributed by atoms with Crippen LogP contribution in [0.5, 0.6) is 11.5 Å². The summed E-state index contributed by atoms with van der Waals surface area (Å²) in [6, 6.07) is 13.7. The number of aromatic nitrogens is 2. The van der Waals surface area contributed by atoms with Gasteiger partial charge in [-0.05, 0) is 36.4 Å². The molecule has 46 heavy (non-hydrogen) atoms. The zero-order valence-electron chi connectivity index (χ0n) is 25.1. The van der Waals surface area contributed by atoms with E-state index in [1.807, 2.05) is 24.3 Å². The molecule has 2 unspecified atom stereocenters. The third-order valence-electron chi connectivity index (χ3n) is 8.61. The summed E-state index contributed by atoms with van der Waals surface area (Å²) in [4.78, 5) is 40.7. The zero-order valence-corrected chi connectivity index (χ0v) is 25.1. The van der Waals surface area contributed by atoms with Crippen molar-refractivity contribution in [3.63, 3.8) is 0 Å². The second-order valence-corrected chi connectivity index (χ2v) is 11.4. The van der Waals surface area contributed by atoms with Crippen LogP contribution in [-0.2, 0) is 9.47 Å². The molecule has 12 nitrogen and oxygen atoms in total. The molecule has 0 radical (unpaired) electrons. The number of carbonyl (C=O) groups is 2. The number of aromatic hydroxyl groups is 2. The third kappa shape index (κ3) is 5.56. The van der Waals surface area contributed by atoms with Crippen molar-refractivity contribution in [1.82, 2.24) is 19.8 Å². The van der Waals surface area contributed by atoms with Crippen molar-refractivity contribution < 1.29 is 29.3 Å². The Bertz CT molecular complexity index is 1630.